The number of rotatable bonds is 6. The number of benzene rings is 1. The van der Waals surface area contributed by atoms with E-state index in [1.807, 2.05) is 60.4 Å². The fourth-order valence-electron chi connectivity index (χ4n) is 3.07. The molecule has 0 saturated heterocycles. The van der Waals surface area contributed by atoms with E-state index in [1.54, 1.807) is 6.20 Å². The molecule has 28 heavy (non-hydrogen) atoms. The van der Waals surface area contributed by atoms with Gasteiger partial charge >= 0.3 is 0 Å². The number of hydrogen-bond donors (Lipinski definition) is 1. The van der Waals surface area contributed by atoms with Gasteiger partial charge in [0.25, 0.3) is 0 Å². The van der Waals surface area contributed by atoms with Gasteiger partial charge in [-0.15, -0.1) is 0 Å². The smallest absolute Gasteiger partial charge is 0.180 e. The number of nitrogens with zero attached hydrogens (tertiary/aromatic N) is 5. The molecule has 0 atom stereocenters. The summed E-state index contributed by atoms with van der Waals surface area (Å²) in [5.41, 5.74) is 4.95. The topological polar surface area (TPSA) is 68.5 Å². The number of nitrogens with one attached hydrogen (secondary N) is 1. The first kappa shape index (κ1) is 17.9. The van der Waals surface area contributed by atoms with Gasteiger partial charge in [0.05, 0.1) is 5.69 Å². The van der Waals surface area contributed by atoms with Crippen molar-refractivity contribution in [2.24, 2.45) is 7.05 Å². The first-order valence-electron chi connectivity index (χ1n) is 9.34. The van der Waals surface area contributed by atoms with Crippen LogP contribution in [0.25, 0.3) is 22.8 Å². The number of hydrogen-bond acceptors (Lipinski definition) is 5. The van der Waals surface area contributed by atoms with Crippen molar-refractivity contribution in [1.29, 1.82) is 0 Å². The molecule has 4 rings (SSSR count). The van der Waals surface area contributed by atoms with Crippen LogP contribution in [-0.2, 0) is 20.0 Å². The third-order valence-corrected chi connectivity index (χ3v) is 4.45. The van der Waals surface area contributed by atoms with E-state index < -0.39 is 0 Å². The highest BCUT2D eigenvalue weighted by Crippen LogP contribution is 2.23. The second kappa shape index (κ2) is 8.00. The van der Waals surface area contributed by atoms with Gasteiger partial charge in [0.2, 0.25) is 0 Å². The van der Waals surface area contributed by atoms with E-state index in [4.69, 9.17) is 0 Å². The summed E-state index contributed by atoms with van der Waals surface area (Å²) in [6.07, 6.45) is 4.63. The summed E-state index contributed by atoms with van der Waals surface area (Å²) in [6.45, 7) is 2.71. The largest absolute Gasteiger partial charge is 0.366 e. The van der Waals surface area contributed by atoms with Crippen molar-refractivity contribution < 1.29 is 0 Å². The van der Waals surface area contributed by atoms with E-state index >= 15 is 0 Å². The lowest BCUT2D eigenvalue weighted by atomic mass is 10.1. The average molecular weight is 370 g/mol. The Morgan fingerprint density at radius 1 is 1.00 bits per heavy atom. The summed E-state index contributed by atoms with van der Waals surface area (Å²) in [5, 5.41) is 8.06. The van der Waals surface area contributed by atoms with E-state index in [9.17, 15) is 0 Å². The van der Waals surface area contributed by atoms with Gasteiger partial charge in [-0.3, -0.25) is 9.67 Å². The minimum atomic E-state index is 0.625. The highest BCUT2D eigenvalue weighted by atomic mass is 15.3. The molecule has 3 heterocycles. The lowest BCUT2D eigenvalue weighted by molar-refractivity contribution is 0.770. The standard InChI is InChI=1S/C22H22N6/c1-3-18-13-20(26-22(25-18)19-11-7-8-12-23-19)24-14-17-15-28(2)27-21(17)16-9-5-4-6-10-16/h4-13,15H,3,14H2,1-2H3,(H,24,25,26). The van der Waals surface area contributed by atoms with Crippen molar-refractivity contribution in [2.45, 2.75) is 19.9 Å². The lowest BCUT2D eigenvalue weighted by Gasteiger charge is -2.09. The summed E-state index contributed by atoms with van der Waals surface area (Å²) in [6, 6.07) is 18.0. The maximum atomic E-state index is 4.66. The van der Waals surface area contributed by atoms with E-state index in [0.717, 1.165) is 40.4 Å². The molecular formula is C22H22N6. The first-order valence-corrected chi connectivity index (χ1v) is 9.34. The minimum Gasteiger partial charge on any atom is -0.366 e. The third kappa shape index (κ3) is 3.91. The molecule has 140 valence electrons. The Morgan fingerprint density at radius 2 is 1.82 bits per heavy atom. The van der Waals surface area contributed by atoms with Gasteiger partial charge in [-0.05, 0) is 18.6 Å². The van der Waals surface area contributed by atoms with Gasteiger partial charge in [-0.25, -0.2) is 9.97 Å². The van der Waals surface area contributed by atoms with Gasteiger partial charge in [0, 0.05) is 48.9 Å². The molecule has 0 spiro atoms. The molecule has 6 nitrogen and oxygen atoms in total. The van der Waals surface area contributed by atoms with Gasteiger partial charge in [-0.2, -0.15) is 5.10 Å². The van der Waals surface area contributed by atoms with Crippen LogP contribution in [0.2, 0.25) is 0 Å². The molecular weight excluding hydrogens is 348 g/mol. The summed E-state index contributed by atoms with van der Waals surface area (Å²) in [7, 11) is 1.94. The van der Waals surface area contributed by atoms with Crippen LogP contribution in [0, 0.1) is 0 Å². The SMILES string of the molecule is CCc1cc(NCc2cn(C)nc2-c2ccccc2)nc(-c2ccccn2)n1. The van der Waals surface area contributed by atoms with Crippen molar-refractivity contribution >= 4 is 5.82 Å². The molecule has 1 aromatic carbocycles. The lowest BCUT2D eigenvalue weighted by Crippen LogP contribution is -2.05. The zero-order valence-electron chi connectivity index (χ0n) is 16.0. The molecule has 0 bridgehead atoms. The van der Waals surface area contributed by atoms with E-state index in [0.29, 0.717) is 12.4 Å². The van der Waals surface area contributed by atoms with Crippen LogP contribution in [0.3, 0.4) is 0 Å². The Kier molecular flexibility index (Phi) is 5.10. The van der Waals surface area contributed by atoms with Gasteiger partial charge in [-0.1, -0.05) is 43.3 Å². The van der Waals surface area contributed by atoms with Crippen LogP contribution in [0.15, 0.2) is 67.0 Å². The van der Waals surface area contributed by atoms with E-state index in [2.05, 4.69) is 44.4 Å². The second-order valence-electron chi connectivity index (χ2n) is 6.53. The number of aryl methyl sites for hydroxylation is 2. The van der Waals surface area contributed by atoms with Crippen molar-refractivity contribution in [1.82, 2.24) is 24.7 Å². The van der Waals surface area contributed by atoms with Crippen LogP contribution < -0.4 is 5.32 Å². The molecule has 4 aromatic rings. The molecule has 3 aromatic heterocycles. The van der Waals surface area contributed by atoms with Crippen molar-refractivity contribution in [3.8, 4) is 22.8 Å². The normalized spacial score (nSPS) is 10.8. The van der Waals surface area contributed by atoms with Crippen LogP contribution in [-0.4, -0.2) is 24.7 Å². The maximum Gasteiger partial charge on any atom is 0.180 e. The number of anilines is 1. The molecule has 0 aliphatic carbocycles. The Morgan fingerprint density at radius 3 is 2.57 bits per heavy atom. The van der Waals surface area contributed by atoms with Crippen LogP contribution in [0.1, 0.15) is 18.2 Å². The molecule has 0 aliphatic rings. The summed E-state index contributed by atoms with van der Waals surface area (Å²) in [5.74, 6) is 1.42. The highest BCUT2D eigenvalue weighted by molar-refractivity contribution is 5.63. The van der Waals surface area contributed by atoms with Crippen molar-refractivity contribution in [3.63, 3.8) is 0 Å². The Labute approximate surface area is 164 Å². The molecule has 0 fully saturated rings. The van der Waals surface area contributed by atoms with Gasteiger partial charge < -0.3 is 5.32 Å². The predicted octanol–water partition coefficient (Wildman–Crippen LogP) is 4.11. The zero-order chi connectivity index (χ0) is 19.3. The summed E-state index contributed by atoms with van der Waals surface area (Å²) < 4.78 is 1.84. The molecule has 0 saturated carbocycles. The quantitative estimate of drug-likeness (QED) is 0.553. The molecule has 0 radical (unpaired) electrons. The van der Waals surface area contributed by atoms with Crippen LogP contribution in [0.4, 0.5) is 5.82 Å². The van der Waals surface area contributed by atoms with Gasteiger partial charge in [0.15, 0.2) is 5.82 Å². The molecule has 6 heteroatoms. The van der Waals surface area contributed by atoms with E-state index in [-0.39, 0.29) is 0 Å². The molecule has 0 unspecified atom stereocenters. The monoisotopic (exact) mass is 370 g/mol. The van der Waals surface area contributed by atoms with Crippen LogP contribution in [0.5, 0.6) is 0 Å². The number of pyridine rings is 1. The maximum absolute atomic E-state index is 4.66. The third-order valence-electron chi connectivity index (χ3n) is 4.45. The first-order chi connectivity index (χ1) is 13.7. The van der Waals surface area contributed by atoms with Crippen molar-refractivity contribution in [2.75, 3.05) is 5.32 Å². The molecule has 0 aliphatic heterocycles. The second-order valence-corrected chi connectivity index (χ2v) is 6.53. The van der Waals surface area contributed by atoms with Crippen LogP contribution >= 0.6 is 0 Å². The van der Waals surface area contributed by atoms with Gasteiger partial charge in [0.1, 0.15) is 11.5 Å². The average Bonchev–Trinajstić information content (AvgIpc) is 3.14. The van der Waals surface area contributed by atoms with Crippen molar-refractivity contribution in [3.05, 3.63) is 78.2 Å². The zero-order valence-corrected chi connectivity index (χ0v) is 16.0. The number of aromatic nitrogens is 5. The predicted molar refractivity (Wildman–Crippen MR) is 111 cm³/mol. The van der Waals surface area contributed by atoms with E-state index in [1.165, 1.54) is 0 Å². The Balaban J connectivity index is 1.61. The Hall–Kier alpha value is -3.54. The fraction of sp³-hybridized carbons (Fsp3) is 0.182. The summed E-state index contributed by atoms with van der Waals surface area (Å²) in [4.78, 5) is 13.7. The minimum absolute atomic E-state index is 0.625. The highest BCUT2D eigenvalue weighted by Gasteiger charge is 2.11. The molecule has 1 N–H and O–H groups in total. The fourth-order valence-corrected chi connectivity index (χ4v) is 3.07. The summed E-state index contributed by atoms with van der Waals surface area (Å²) >= 11 is 0. The Bertz CT molecular complexity index is 1060. The molecule has 0 amide bonds.